The van der Waals surface area contributed by atoms with Gasteiger partial charge in [0, 0.05) is 16.8 Å². The highest BCUT2D eigenvalue weighted by Gasteiger charge is 2.47. The predicted molar refractivity (Wildman–Crippen MR) is 117 cm³/mol. The van der Waals surface area contributed by atoms with E-state index in [-0.39, 0.29) is 18.1 Å². The molecule has 1 saturated heterocycles. The number of carbonyl (C=O) groups is 2. The van der Waals surface area contributed by atoms with Crippen molar-refractivity contribution in [3.05, 3.63) is 89.5 Å². The molecule has 7 heteroatoms. The summed E-state index contributed by atoms with van der Waals surface area (Å²) >= 11 is 0. The van der Waals surface area contributed by atoms with E-state index in [0.717, 1.165) is 0 Å². The number of amides is 1. The van der Waals surface area contributed by atoms with Crippen molar-refractivity contribution in [1.29, 1.82) is 0 Å². The Bertz CT molecular complexity index is 1250. The third-order valence-corrected chi connectivity index (χ3v) is 5.56. The van der Waals surface area contributed by atoms with Crippen molar-refractivity contribution in [2.45, 2.75) is 6.04 Å². The van der Waals surface area contributed by atoms with Gasteiger partial charge in [0.15, 0.2) is 11.5 Å². The van der Waals surface area contributed by atoms with Gasteiger partial charge in [-0.1, -0.05) is 36.4 Å². The number of aliphatic hydroxyl groups is 1. The van der Waals surface area contributed by atoms with E-state index in [1.165, 1.54) is 12.0 Å². The van der Waals surface area contributed by atoms with Gasteiger partial charge in [-0.05, 0) is 36.4 Å². The van der Waals surface area contributed by atoms with Gasteiger partial charge in [0.05, 0.1) is 18.7 Å². The Labute approximate surface area is 184 Å². The highest BCUT2D eigenvalue weighted by molar-refractivity contribution is 6.51. The molecule has 2 aliphatic rings. The fourth-order valence-corrected chi connectivity index (χ4v) is 4.07. The Hall–Kier alpha value is -4.26. The van der Waals surface area contributed by atoms with E-state index < -0.39 is 17.7 Å². The van der Waals surface area contributed by atoms with Gasteiger partial charge in [0.1, 0.15) is 11.5 Å². The van der Waals surface area contributed by atoms with E-state index in [0.29, 0.717) is 34.1 Å². The van der Waals surface area contributed by atoms with Crippen LogP contribution in [0.25, 0.3) is 5.76 Å². The van der Waals surface area contributed by atoms with Crippen LogP contribution in [-0.4, -0.2) is 30.7 Å². The van der Waals surface area contributed by atoms with Gasteiger partial charge < -0.3 is 19.3 Å². The maximum Gasteiger partial charge on any atom is 0.300 e. The van der Waals surface area contributed by atoms with E-state index in [9.17, 15) is 14.7 Å². The lowest BCUT2D eigenvalue weighted by molar-refractivity contribution is -0.132. The highest BCUT2D eigenvalue weighted by atomic mass is 16.7. The average molecular weight is 429 g/mol. The first-order valence-electron chi connectivity index (χ1n) is 9.99. The number of hydrogen-bond donors (Lipinski definition) is 1. The summed E-state index contributed by atoms with van der Waals surface area (Å²) in [5.74, 6) is -0.296. The molecule has 1 fully saturated rings. The number of Topliss-reactive ketones (excluding diaryl/α,β-unsaturated/α-hetero) is 1. The van der Waals surface area contributed by atoms with E-state index in [2.05, 4.69) is 0 Å². The van der Waals surface area contributed by atoms with E-state index in [1.807, 2.05) is 6.07 Å². The molecule has 1 unspecified atom stereocenters. The van der Waals surface area contributed by atoms with Gasteiger partial charge in [-0.25, -0.2) is 0 Å². The zero-order valence-corrected chi connectivity index (χ0v) is 17.1. The lowest BCUT2D eigenvalue weighted by Crippen LogP contribution is -2.29. The monoisotopic (exact) mass is 429 g/mol. The molecular formula is C25H19NO6. The average Bonchev–Trinajstić information content (AvgIpc) is 3.41. The normalized spacial score (nSPS) is 18.8. The summed E-state index contributed by atoms with van der Waals surface area (Å²) in [6, 6.07) is 20.0. The Kier molecular flexibility index (Phi) is 4.78. The van der Waals surface area contributed by atoms with Crippen molar-refractivity contribution in [3.8, 4) is 17.2 Å². The van der Waals surface area contributed by atoms with Crippen LogP contribution in [-0.2, 0) is 9.59 Å². The first-order chi connectivity index (χ1) is 15.6. The number of para-hydroxylation sites is 2. The summed E-state index contributed by atoms with van der Waals surface area (Å²) in [6.07, 6.45) is 0. The van der Waals surface area contributed by atoms with Crippen molar-refractivity contribution in [1.82, 2.24) is 0 Å². The molecule has 160 valence electrons. The zero-order chi connectivity index (χ0) is 22.2. The third-order valence-electron chi connectivity index (χ3n) is 5.56. The molecule has 1 atom stereocenters. The van der Waals surface area contributed by atoms with Gasteiger partial charge >= 0.3 is 0 Å². The number of anilines is 1. The maximum atomic E-state index is 13.2. The first kappa shape index (κ1) is 19.7. The maximum absolute atomic E-state index is 13.2. The predicted octanol–water partition coefficient (Wildman–Crippen LogP) is 4.05. The second-order valence-corrected chi connectivity index (χ2v) is 7.31. The molecule has 1 N–H and O–H groups in total. The van der Waals surface area contributed by atoms with Gasteiger partial charge in [-0.3, -0.25) is 14.5 Å². The van der Waals surface area contributed by atoms with Gasteiger partial charge in [-0.15, -0.1) is 0 Å². The lowest BCUT2D eigenvalue weighted by atomic mass is 9.94. The molecule has 0 aromatic heterocycles. The van der Waals surface area contributed by atoms with Crippen LogP contribution in [0, 0.1) is 0 Å². The summed E-state index contributed by atoms with van der Waals surface area (Å²) in [4.78, 5) is 27.8. The minimum atomic E-state index is -0.876. The second kappa shape index (κ2) is 7.77. The molecule has 0 saturated carbocycles. The minimum Gasteiger partial charge on any atom is -0.507 e. The number of carbonyl (C=O) groups excluding carboxylic acids is 2. The molecular weight excluding hydrogens is 410 g/mol. The molecule has 1 amide bonds. The Balaban J connectivity index is 1.73. The number of methoxy groups -OCH3 is 1. The minimum absolute atomic E-state index is 0.0257. The zero-order valence-electron chi connectivity index (χ0n) is 17.1. The number of nitrogens with zero attached hydrogens (tertiary/aromatic N) is 1. The van der Waals surface area contributed by atoms with Crippen LogP contribution in [0.3, 0.4) is 0 Å². The number of benzene rings is 3. The van der Waals surface area contributed by atoms with Crippen molar-refractivity contribution in [2.75, 3.05) is 18.8 Å². The molecule has 5 rings (SSSR count). The largest absolute Gasteiger partial charge is 0.507 e. The standard InChI is InChI=1S/C25H19NO6/c1-30-18-10-6-5-9-17(18)22-21(23(27)15-11-12-19-20(13-15)32-14-31-19)24(28)25(29)26(22)16-7-3-2-4-8-16/h2-13,22,27H,14H2,1H3/b23-21+. The number of rotatable bonds is 4. The molecule has 2 heterocycles. The molecule has 0 radical (unpaired) electrons. The van der Waals surface area contributed by atoms with Crippen molar-refractivity contribution >= 4 is 23.1 Å². The van der Waals surface area contributed by atoms with Crippen LogP contribution in [0.5, 0.6) is 17.2 Å². The summed E-state index contributed by atoms with van der Waals surface area (Å²) in [7, 11) is 1.52. The molecule has 3 aromatic rings. The fourth-order valence-electron chi connectivity index (χ4n) is 4.07. The summed E-state index contributed by atoms with van der Waals surface area (Å²) in [5, 5.41) is 11.2. The fraction of sp³-hybridized carbons (Fsp3) is 0.120. The molecule has 0 bridgehead atoms. The molecule has 32 heavy (non-hydrogen) atoms. The van der Waals surface area contributed by atoms with Crippen LogP contribution in [0.2, 0.25) is 0 Å². The Morgan fingerprint density at radius 1 is 0.969 bits per heavy atom. The van der Waals surface area contributed by atoms with Gasteiger partial charge in [0.2, 0.25) is 6.79 Å². The highest BCUT2D eigenvalue weighted by Crippen LogP contribution is 2.45. The van der Waals surface area contributed by atoms with Crippen molar-refractivity contribution in [3.63, 3.8) is 0 Å². The molecule has 3 aromatic carbocycles. The molecule has 0 spiro atoms. The van der Waals surface area contributed by atoms with Crippen LogP contribution in [0.15, 0.2) is 78.4 Å². The first-order valence-corrected chi connectivity index (χ1v) is 9.99. The van der Waals surface area contributed by atoms with Crippen LogP contribution >= 0.6 is 0 Å². The third kappa shape index (κ3) is 3.06. The van der Waals surface area contributed by atoms with E-state index in [4.69, 9.17) is 14.2 Å². The lowest BCUT2D eigenvalue weighted by Gasteiger charge is -2.26. The van der Waals surface area contributed by atoms with Gasteiger partial charge in [-0.2, -0.15) is 0 Å². The summed E-state index contributed by atoms with van der Waals surface area (Å²) in [5.41, 5.74) is 1.44. The summed E-state index contributed by atoms with van der Waals surface area (Å²) in [6.45, 7) is 0.0825. The van der Waals surface area contributed by atoms with Gasteiger partial charge in [0.25, 0.3) is 11.7 Å². The number of ketones is 1. The van der Waals surface area contributed by atoms with Crippen LogP contribution in [0.4, 0.5) is 5.69 Å². The van der Waals surface area contributed by atoms with E-state index in [1.54, 1.807) is 66.7 Å². The van der Waals surface area contributed by atoms with Crippen LogP contribution in [0.1, 0.15) is 17.2 Å². The number of fused-ring (bicyclic) bond motifs is 1. The number of aliphatic hydroxyl groups excluding tert-OH is 1. The quantitative estimate of drug-likeness (QED) is 0.383. The Morgan fingerprint density at radius 2 is 1.69 bits per heavy atom. The SMILES string of the molecule is COc1ccccc1C1/C(=C(\O)c2ccc3c(c2)OCO3)C(=O)C(=O)N1c1ccccc1. The number of ether oxygens (including phenoxy) is 3. The molecule has 0 aliphatic carbocycles. The molecule has 2 aliphatic heterocycles. The topological polar surface area (TPSA) is 85.3 Å². The summed E-state index contributed by atoms with van der Waals surface area (Å²) < 4.78 is 16.2. The van der Waals surface area contributed by atoms with Crippen molar-refractivity contribution in [2.24, 2.45) is 0 Å². The number of hydrogen-bond acceptors (Lipinski definition) is 6. The molecule has 7 nitrogen and oxygen atoms in total. The Morgan fingerprint density at radius 3 is 2.47 bits per heavy atom. The smallest absolute Gasteiger partial charge is 0.300 e. The van der Waals surface area contributed by atoms with Crippen LogP contribution < -0.4 is 19.1 Å². The van der Waals surface area contributed by atoms with Crippen molar-refractivity contribution < 1.29 is 28.9 Å². The second-order valence-electron chi connectivity index (χ2n) is 7.31. The van der Waals surface area contributed by atoms with E-state index >= 15 is 0 Å².